The second-order valence-corrected chi connectivity index (χ2v) is 9.70. The molecule has 35 heavy (non-hydrogen) atoms. The van der Waals surface area contributed by atoms with E-state index in [9.17, 15) is 14.7 Å². The Morgan fingerprint density at radius 1 is 1.00 bits per heavy atom. The number of rotatable bonds is 14. The minimum Gasteiger partial charge on any atom is -0.494 e. The van der Waals surface area contributed by atoms with Crippen molar-refractivity contribution in [2.75, 3.05) is 13.7 Å². The van der Waals surface area contributed by atoms with Gasteiger partial charge < -0.3 is 14.6 Å². The molecule has 0 heterocycles. The number of carboxylic acid groups (broad SMARTS) is 1. The van der Waals surface area contributed by atoms with Crippen molar-refractivity contribution in [3.05, 3.63) is 64.3 Å². The monoisotopic (exact) mass is 482 g/mol. The van der Waals surface area contributed by atoms with Gasteiger partial charge in [0.15, 0.2) is 5.78 Å². The Morgan fingerprint density at radius 2 is 1.60 bits per heavy atom. The van der Waals surface area contributed by atoms with E-state index in [0.29, 0.717) is 28.9 Å². The summed E-state index contributed by atoms with van der Waals surface area (Å²) in [7, 11) is 1.57. The molecular formula is C30H42O5. The SMILES string of the molecule is CCCCCCCCCOc1ccc(C(=O)C=CC2(C)C(C)=C(C)C(C(=O)O)=C(C)C2OC)cc1. The fraction of sp³-hybridized carbons (Fsp3) is 0.533. The number of benzene rings is 1. The van der Waals surface area contributed by atoms with E-state index >= 15 is 0 Å². The Morgan fingerprint density at radius 3 is 2.17 bits per heavy atom. The number of ether oxygens (including phenoxy) is 2. The molecule has 0 saturated heterocycles. The fourth-order valence-corrected chi connectivity index (χ4v) is 4.94. The molecule has 0 saturated carbocycles. The lowest BCUT2D eigenvalue weighted by molar-refractivity contribution is -0.132. The molecule has 2 unspecified atom stereocenters. The van der Waals surface area contributed by atoms with Crippen molar-refractivity contribution in [1.82, 2.24) is 0 Å². The molecule has 5 nitrogen and oxygen atoms in total. The fourth-order valence-electron chi connectivity index (χ4n) is 4.94. The molecule has 0 radical (unpaired) electrons. The highest BCUT2D eigenvalue weighted by Gasteiger charge is 2.42. The van der Waals surface area contributed by atoms with Crippen molar-refractivity contribution in [2.24, 2.45) is 5.41 Å². The first kappa shape index (κ1) is 28.6. The minimum absolute atomic E-state index is 0.115. The van der Waals surface area contributed by atoms with Crippen LogP contribution in [-0.2, 0) is 9.53 Å². The maximum Gasteiger partial charge on any atom is 0.335 e. The molecule has 1 N–H and O–H groups in total. The summed E-state index contributed by atoms with van der Waals surface area (Å²) in [5.41, 5.74) is 2.49. The molecule has 1 aliphatic carbocycles. The molecule has 1 aromatic carbocycles. The van der Waals surface area contributed by atoms with Crippen molar-refractivity contribution < 1.29 is 24.2 Å². The molecule has 2 rings (SSSR count). The molecule has 0 amide bonds. The van der Waals surface area contributed by atoms with Crippen LogP contribution in [-0.4, -0.2) is 36.7 Å². The molecule has 0 aromatic heterocycles. The molecule has 5 heteroatoms. The third-order valence-electron chi connectivity index (χ3n) is 7.26. The van der Waals surface area contributed by atoms with Gasteiger partial charge in [0.25, 0.3) is 0 Å². The molecule has 1 aliphatic rings. The summed E-state index contributed by atoms with van der Waals surface area (Å²) >= 11 is 0. The summed E-state index contributed by atoms with van der Waals surface area (Å²) in [4.78, 5) is 24.7. The third kappa shape index (κ3) is 7.17. The van der Waals surface area contributed by atoms with E-state index in [1.807, 2.05) is 39.0 Å². The summed E-state index contributed by atoms with van der Waals surface area (Å²) in [6.45, 7) is 10.4. The van der Waals surface area contributed by atoms with Crippen LogP contribution in [0.4, 0.5) is 0 Å². The normalized spacial score (nSPS) is 20.6. The number of carboxylic acids is 1. The smallest absolute Gasteiger partial charge is 0.335 e. The maximum atomic E-state index is 12.9. The van der Waals surface area contributed by atoms with E-state index in [0.717, 1.165) is 17.7 Å². The average Bonchev–Trinajstić information content (AvgIpc) is 2.83. The Kier molecular flexibility index (Phi) is 11.0. The molecular weight excluding hydrogens is 440 g/mol. The Labute approximate surface area is 210 Å². The van der Waals surface area contributed by atoms with Crippen LogP contribution in [0.2, 0.25) is 0 Å². The van der Waals surface area contributed by atoms with Gasteiger partial charge >= 0.3 is 5.97 Å². The second kappa shape index (κ2) is 13.4. The van der Waals surface area contributed by atoms with Gasteiger partial charge in [-0.1, -0.05) is 57.1 Å². The molecule has 1 aromatic rings. The molecule has 0 spiro atoms. The number of carbonyl (C=O) groups excluding carboxylic acids is 1. The largest absolute Gasteiger partial charge is 0.494 e. The van der Waals surface area contributed by atoms with Gasteiger partial charge in [-0.2, -0.15) is 0 Å². The van der Waals surface area contributed by atoms with E-state index in [-0.39, 0.29) is 5.78 Å². The van der Waals surface area contributed by atoms with Gasteiger partial charge in [-0.25, -0.2) is 4.79 Å². The van der Waals surface area contributed by atoms with Crippen LogP contribution in [0, 0.1) is 5.41 Å². The lowest BCUT2D eigenvalue weighted by Crippen LogP contribution is -2.39. The summed E-state index contributed by atoms with van der Waals surface area (Å²) < 4.78 is 11.5. The standard InChI is InChI=1S/C30H42O5/c1-7-8-9-10-11-12-13-20-35-25-16-14-24(15-17-25)26(31)18-19-30(5)23(4)21(2)27(29(32)33)22(3)28(30)34-6/h14-19,28H,7-13,20H2,1-6H3,(H,32,33). The van der Waals surface area contributed by atoms with E-state index in [1.165, 1.54) is 38.5 Å². The van der Waals surface area contributed by atoms with Crippen molar-refractivity contribution >= 4 is 11.8 Å². The number of hydrogen-bond donors (Lipinski definition) is 1. The van der Waals surface area contributed by atoms with Gasteiger partial charge in [0, 0.05) is 18.1 Å². The number of unbranched alkanes of at least 4 members (excludes halogenated alkanes) is 6. The van der Waals surface area contributed by atoms with E-state index in [4.69, 9.17) is 9.47 Å². The number of allylic oxidation sites excluding steroid dienone is 1. The number of carbonyl (C=O) groups is 2. The van der Waals surface area contributed by atoms with Crippen molar-refractivity contribution in [2.45, 2.75) is 85.7 Å². The van der Waals surface area contributed by atoms with Crippen molar-refractivity contribution in [3.63, 3.8) is 0 Å². The zero-order chi connectivity index (χ0) is 26.0. The van der Waals surface area contributed by atoms with Crippen LogP contribution in [0.1, 0.15) is 89.9 Å². The van der Waals surface area contributed by atoms with Gasteiger partial charge in [0.2, 0.25) is 0 Å². The van der Waals surface area contributed by atoms with E-state index < -0.39 is 17.5 Å². The number of hydrogen-bond acceptors (Lipinski definition) is 4. The zero-order valence-electron chi connectivity index (χ0n) is 22.3. The highest BCUT2D eigenvalue weighted by molar-refractivity contribution is 6.04. The molecule has 2 atom stereocenters. The van der Waals surface area contributed by atoms with Gasteiger partial charge in [-0.05, 0) is 75.6 Å². The van der Waals surface area contributed by atoms with Crippen molar-refractivity contribution in [3.8, 4) is 5.75 Å². The second-order valence-electron chi connectivity index (χ2n) is 9.70. The van der Waals surface area contributed by atoms with Crippen molar-refractivity contribution in [1.29, 1.82) is 0 Å². The Bertz CT molecular complexity index is 967. The predicted molar refractivity (Wildman–Crippen MR) is 141 cm³/mol. The summed E-state index contributed by atoms with van der Waals surface area (Å²) in [5, 5.41) is 9.66. The van der Waals surface area contributed by atoms with Gasteiger partial charge in [0.05, 0.1) is 18.3 Å². The van der Waals surface area contributed by atoms with Gasteiger partial charge in [-0.15, -0.1) is 0 Å². The molecule has 0 aliphatic heterocycles. The van der Waals surface area contributed by atoms with Crippen LogP contribution in [0.25, 0.3) is 0 Å². The van der Waals surface area contributed by atoms with E-state index in [2.05, 4.69) is 6.92 Å². The quantitative estimate of drug-likeness (QED) is 0.171. The summed E-state index contributed by atoms with van der Waals surface area (Å²) in [5.74, 6) is -0.305. The summed E-state index contributed by atoms with van der Waals surface area (Å²) in [6, 6.07) is 7.24. The van der Waals surface area contributed by atoms with Crippen LogP contribution in [0.5, 0.6) is 5.75 Å². The minimum atomic E-state index is -0.960. The average molecular weight is 483 g/mol. The summed E-state index contributed by atoms with van der Waals surface area (Å²) in [6.07, 6.45) is 11.6. The molecule has 192 valence electrons. The first-order chi connectivity index (χ1) is 16.7. The molecule has 0 bridgehead atoms. The topological polar surface area (TPSA) is 72.8 Å². The zero-order valence-corrected chi connectivity index (χ0v) is 22.3. The van der Waals surface area contributed by atoms with Crippen LogP contribution in [0.15, 0.2) is 58.7 Å². The maximum absolute atomic E-state index is 12.9. The first-order valence-electron chi connectivity index (χ1n) is 12.8. The van der Waals surface area contributed by atoms with Crippen LogP contribution < -0.4 is 4.74 Å². The third-order valence-corrected chi connectivity index (χ3v) is 7.26. The number of methoxy groups -OCH3 is 1. The number of aliphatic carboxylic acids is 1. The Hall–Kier alpha value is -2.66. The first-order valence-corrected chi connectivity index (χ1v) is 12.8. The highest BCUT2D eigenvalue weighted by Crippen LogP contribution is 2.45. The Balaban J connectivity index is 2.00. The van der Waals surface area contributed by atoms with Crippen LogP contribution >= 0.6 is 0 Å². The van der Waals surface area contributed by atoms with Gasteiger partial charge in [0.1, 0.15) is 5.75 Å². The lowest BCUT2D eigenvalue weighted by atomic mass is 9.67. The highest BCUT2D eigenvalue weighted by atomic mass is 16.5. The van der Waals surface area contributed by atoms with Crippen LogP contribution in [0.3, 0.4) is 0 Å². The van der Waals surface area contributed by atoms with E-state index in [1.54, 1.807) is 32.2 Å². The predicted octanol–water partition coefficient (Wildman–Crippen LogP) is 7.33. The number of ketones is 1. The molecule has 0 fully saturated rings. The lowest BCUT2D eigenvalue weighted by Gasteiger charge is -2.41. The van der Waals surface area contributed by atoms with Gasteiger partial charge in [-0.3, -0.25) is 4.79 Å².